The summed E-state index contributed by atoms with van der Waals surface area (Å²) in [4.78, 5) is 0. The molecule has 0 unspecified atom stereocenters. The molecule has 1 aliphatic carbocycles. The summed E-state index contributed by atoms with van der Waals surface area (Å²) in [6, 6.07) is 12.4. The lowest BCUT2D eigenvalue weighted by molar-refractivity contribution is 0.305. The molecule has 3 heteroatoms. The summed E-state index contributed by atoms with van der Waals surface area (Å²) in [7, 11) is 0. The van der Waals surface area contributed by atoms with Crippen molar-refractivity contribution in [2.45, 2.75) is 38.8 Å². The molecular formula is C18H20ClNO. The molecule has 21 heavy (non-hydrogen) atoms. The van der Waals surface area contributed by atoms with Gasteiger partial charge in [-0.2, -0.15) is 0 Å². The van der Waals surface area contributed by atoms with E-state index < -0.39 is 0 Å². The zero-order valence-electron chi connectivity index (χ0n) is 12.2. The van der Waals surface area contributed by atoms with Crippen LogP contribution < -0.4 is 10.5 Å². The number of hydrogen-bond acceptors (Lipinski definition) is 2. The normalized spacial score (nSPS) is 17.4. The second-order valence-corrected chi connectivity index (χ2v) is 6.15. The van der Waals surface area contributed by atoms with Gasteiger partial charge in [0, 0.05) is 16.6 Å². The Kier molecular flexibility index (Phi) is 4.18. The molecule has 110 valence electrons. The molecule has 0 radical (unpaired) electrons. The minimum Gasteiger partial charge on any atom is -0.489 e. The highest BCUT2D eigenvalue weighted by atomic mass is 35.5. The number of fused-ring (bicyclic) bond motifs is 1. The minimum atomic E-state index is 0.139. The molecule has 1 aliphatic rings. The monoisotopic (exact) mass is 301 g/mol. The smallest absolute Gasteiger partial charge is 0.120 e. The molecule has 0 bridgehead atoms. The molecule has 2 aromatic rings. The zero-order valence-corrected chi connectivity index (χ0v) is 13.0. The average molecular weight is 302 g/mol. The van der Waals surface area contributed by atoms with Crippen LogP contribution >= 0.6 is 11.6 Å². The fourth-order valence-corrected chi connectivity index (χ4v) is 3.12. The van der Waals surface area contributed by atoms with Crippen LogP contribution in [-0.4, -0.2) is 0 Å². The van der Waals surface area contributed by atoms with E-state index in [1.165, 1.54) is 17.5 Å². The van der Waals surface area contributed by atoms with Gasteiger partial charge < -0.3 is 10.5 Å². The maximum Gasteiger partial charge on any atom is 0.120 e. The zero-order chi connectivity index (χ0) is 14.8. The van der Waals surface area contributed by atoms with Gasteiger partial charge in [-0.25, -0.2) is 0 Å². The molecular weight excluding hydrogens is 282 g/mol. The summed E-state index contributed by atoms with van der Waals surface area (Å²) in [5.74, 6) is 0.864. The Morgan fingerprint density at radius 2 is 2.10 bits per heavy atom. The van der Waals surface area contributed by atoms with Crippen LogP contribution in [-0.2, 0) is 13.0 Å². The molecule has 0 aromatic heterocycles. The van der Waals surface area contributed by atoms with Crippen LogP contribution in [0.25, 0.3) is 0 Å². The van der Waals surface area contributed by atoms with Crippen LogP contribution in [0.3, 0.4) is 0 Å². The van der Waals surface area contributed by atoms with Crippen molar-refractivity contribution in [1.82, 2.24) is 0 Å². The highest BCUT2D eigenvalue weighted by Crippen LogP contribution is 2.31. The molecule has 1 atom stereocenters. The van der Waals surface area contributed by atoms with Gasteiger partial charge in [0.25, 0.3) is 0 Å². The number of halogens is 1. The second kappa shape index (κ2) is 6.08. The van der Waals surface area contributed by atoms with E-state index in [4.69, 9.17) is 22.1 Å². The van der Waals surface area contributed by atoms with Gasteiger partial charge in [0.05, 0.1) is 0 Å². The third-order valence-electron chi connectivity index (χ3n) is 4.08. The van der Waals surface area contributed by atoms with Crippen LogP contribution in [0.5, 0.6) is 5.75 Å². The van der Waals surface area contributed by atoms with Crippen LogP contribution in [0.1, 0.15) is 41.1 Å². The van der Waals surface area contributed by atoms with Crippen LogP contribution in [0.2, 0.25) is 5.02 Å². The number of ether oxygens (including phenoxy) is 1. The lowest BCUT2D eigenvalue weighted by atomic mass is 9.88. The number of aryl methyl sites for hydroxylation is 2. The summed E-state index contributed by atoms with van der Waals surface area (Å²) >= 11 is 6.23. The molecule has 2 N–H and O–H groups in total. The van der Waals surface area contributed by atoms with Crippen molar-refractivity contribution in [1.29, 1.82) is 0 Å². The fourth-order valence-electron chi connectivity index (χ4n) is 2.83. The summed E-state index contributed by atoms with van der Waals surface area (Å²) in [6.45, 7) is 2.51. The number of rotatable bonds is 3. The fraction of sp³-hybridized carbons (Fsp3) is 0.333. The van der Waals surface area contributed by atoms with E-state index in [-0.39, 0.29) is 6.04 Å². The lowest BCUT2D eigenvalue weighted by Crippen LogP contribution is -2.17. The topological polar surface area (TPSA) is 35.2 Å². The van der Waals surface area contributed by atoms with Crippen LogP contribution in [0.4, 0.5) is 0 Å². The summed E-state index contributed by atoms with van der Waals surface area (Å²) in [5, 5.41) is 0.754. The van der Waals surface area contributed by atoms with Crippen LogP contribution in [0.15, 0.2) is 36.4 Å². The molecule has 0 amide bonds. The van der Waals surface area contributed by atoms with Crippen molar-refractivity contribution in [3.63, 3.8) is 0 Å². The first-order valence-electron chi connectivity index (χ1n) is 7.40. The predicted molar refractivity (Wildman–Crippen MR) is 86.8 cm³/mol. The third kappa shape index (κ3) is 3.22. The van der Waals surface area contributed by atoms with Gasteiger partial charge in [-0.3, -0.25) is 0 Å². The molecule has 0 spiro atoms. The Bertz CT molecular complexity index is 654. The van der Waals surface area contributed by atoms with Crippen molar-refractivity contribution in [2.75, 3.05) is 0 Å². The maximum absolute atomic E-state index is 6.23. The second-order valence-electron chi connectivity index (χ2n) is 5.74. The molecule has 0 aliphatic heterocycles. The number of nitrogens with two attached hydrogens (primary N) is 1. The van der Waals surface area contributed by atoms with Gasteiger partial charge in [-0.1, -0.05) is 29.8 Å². The van der Waals surface area contributed by atoms with E-state index >= 15 is 0 Å². The predicted octanol–water partition coefficient (Wildman–Crippen LogP) is 4.56. The molecule has 3 rings (SSSR count). The number of benzene rings is 2. The highest BCUT2D eigenvalue weighted by molar-refractivity contribution is 6.31. The van der Waals surface area contributed by atoms with Gasteiger partial charge in [0.2, 0.25) is 0 Å². The minimum absolute atomic E-state index is 0.139. The lowest BCUT2D eigenvalue weighted by Gasteiger charge is -2.22. The molecule has 2 aromatic carbocycles. The molecule has 0 heterocycles. The van der Waals surface area contributed by atoms with Crippen molar-refractivity contribution in [3.05, 3.63) is 63.7 Å². The van der Waals surface area contributed by atoms with Gasteiger partial charge in [-0.15, -0.1) is 0 Å². The Balaban J connectivity index is 1.75. The molecule has 0 saturated carbocycles. The largest absolute Gasteiger partial charge is 0.489 e. The Morgan fingerprint density at radius 1 is 1.24 bits per heavy atom. The quantitative estimate of drug-likeness (QED) is 0.901. The third-order valence-corrected chi connectivity index (χ3v) is 4.43. The maximum atomic E-state index is 6.23. The van der Waals surface area contributed by atoms with E-state index in [0.29, 0.717) is 6.61 Å². The molecule has 0 fully saturated rings. The van der Waals surface area contributed by atoms with Crippen molar-refractivity contribution in [3.8, 4) is 5.75 Å². The Morgan fingerprint density at radius 3 is 2.90 bits per heavy atom. The van der Waals surface area contributed by atoms with Crippen molar-refractivity contribution < 1.29 is 4.74 Å². The summed E-state index contributed by atoms with van der Waals surface area (Å²) in [6.07, 6.45) is 3.35. The first-order valence-corrected chi connectivity index (χ1v) is 7.77. The SMILES string of the molecule is Cc1ccc(COc2ccc3c(c2)[C@@H](N)CCC3)c(Cl)c1. The summed E-state index contributed by atoms with van der Waals surface area (Å²) < 4.78 is 5.89. The Labute approximate surface area is 130 Å². The van der Waals surface area contributed by atoms with E-state index in [9.17, 15) is 0 Å². The van der Waals surface area contributed by atoms with Gasteiger partial charge in [0.1, 0.15) is 12.4 Å². The van der Waals surface area contributed by atoms with E-state index in [1.54, 1.807) is 0 Å². The first kappa shape index (κ1) is 14.4. The Hall–Kier alpha value is -1.51. The van der Waals surface area contributed by atoms with Gasteiger partial charge >= 0.3 is 0 Å². The van der Waals surface area contributed by atoms with Gasteiger partial charge in [0.15, 0.2) is 0 Å². The molecule has 2 nitrogen and oxygen atoms in total. The van der Waals surface area contributed by atoms with E-state index in [0.717, 1.165) is 34.7 Å². The number of hydrogen-bond donors (Lipinski definition) is 1. The average Bonchev–Trinajstić information content (AvgIpc) is 2.47. The van der Waals surface area contributed by atoms with Crippen molar-refractivity contribution >= 4 is 11.6 Å². The molecule has 0 saturated heterocycles. The van der Waals surface area contributed by atoms with Crippen molar-refractivity contribution in [2.24, 2.45) is 5.73 Å². The van der Waals surface area contributed by atoms with E-state index in [1.807, 2.05) is 31.2 Å². The highest BCUT2D eigenvalue weighted by Gasteiger charge is 2.17. The van der Waals surface area contributed by atoms with E-state index in [2.05, 4.69) is 12.1 Å². The standard InChI is InChI=1S/C18H20ClNO/c1-12-5-6-14(17(19)9-12)11-21-15-8-7-13-3-2-4-18(20)16(13)10-15/h5-10,18H,2-4,11,20H2,1H3/t18-/m0/s1. The summed E-state index contributed by atoms with van der Waals surface area (Å²) in [5.41, 5.74) is 10.9. The van der Waals surface area contributed by atoms with Crippen LogP contribution in [0, 0.1) is 6.92 Å². The first-order chi connectivity index (χ1) is 10.1. The van der Waals surface area contributed by atoms with Gasteiger partial charge in [-0.05, 0) is 61.1 Å².